The van der Waals surface area contributed by atoms with Crippen LogP contribution in [0.3, 0.4) is 0 Å². The van der Waals surface area contributed by atoms with Crippen molar-refractivity contribution in [3.05, 3.63) is 107 Å². The van der Waals surface area contributed by atoms with Crippen LogP contribution in [0.15, 0.2) is 90.0 Å². The molecule has 7 heteroatoms. The fourth-order valence-corrected chi connectivity index (χ4v) is 5.35. The number of rotatable bonds is 7. The summed E-state index contributed by atoms with van der Waals surface area (Å²) in [6.45, 7) is 1.95. The lowest BCUT2D eigenvalue weighted by atomic mass is 9.91. The monoisotopic (exact) mass is 448 g/mol. The summed E-state index contributed by atoms with van der Waals surface area (Å²) >= 11 is 0. The Bertz CT molecular complexity index is 1230. The Hall–Kier alpha value is -3.45. The van der Waals surface area contributed by atoms with Gasteiger partial charge in [0.05, 0.1) is 30.5 Å². The van der Waals surface area contributed by atoms with Gasteiger partial charge in [-0.3, -0.25) is 4.79 Å². The van der Waals surface area contributed by atoms with Gasteiger partial charge in [0.1, 0.15) is 0 Å². The Kier molecular flexibility index (Phi) is 6.37. The minimum atomic E-state index is -3.89. The molecule has 1 aliphatic heterocycles. The lowest BCUT2D eigenvalue weighted by Crippen LogP contribution is -2.38. The van der Waals surface area contributed by atoms with Gasteiger partial charge >= 0.3 is 5.97 Å². The number of ether oxygens (including phenoxy) is 1. The van der Waals surface area contributed by atoms with Gasteiger partial charge in [0, 0.05) is 11.1 Å². The highest BCUT2D eigenvalue weighted by molar-refractivity contribution is 7.88. The van der Waals surface area contributed by atoms with Crippen LogP contribution in [0.4, 0.5) is 0 Å². The number of benzene rings is 3. The van der Waals surface area contributed by atoms with E-state index in [0.29, 0.717) is 11.3 Å². The van der Waals surface area contributed by atoms with Crippen LogP contribution in [-0.4, -0.2) is 31.1 Å². The van der Waals surface area contributed by atoms with Gasteiger partial charge in [-0.25, -0.2) is 8.42 Å². The van der Waals surface area contributed by atoms with Crippen molar-refractivity contribution in [3.63, 3.8) is 0 Å². The molecule has 0 spiro atoms. The Balaban J connectivity index is 1.84. The van der Waals surface area contributed by atoms with Crippen LogP contribution in [-0.2, 0) is 25.3 Å². The van der Waals surface area contributed by atoms with Crippen LogP contribution >= 0.6 is 0 Å². The Labute approximate surface area is 188 Å². The van der Waals surface area contributed by atoms with Crippen molar-refractivity contribution in [2.75, 3.05) is 6.61 Å². The van der Waals surface area contributed by atoms with Crippen LogP contribution in [0.2, 0.25) is 0 Å². The molecule has 0 aliphatic carbocycles. The molecule has 1 atom stereocenters. The van der Waals surface area contributed by atoms with E-state index in [1.165, 1.54) is 0 Å². The summed E-state index contributed by atoms with van der Waals surface area (Å²) in [5, 5.41) is 4.61. The minimum absolute atomic E-state index is 0.121. The van der Waals surface area contributed by atoms with Crippen molar-refractivity contribution < 1.29 is 17.9 Å². The average molecular weight is 449 g/mol. The second kappa shape index (κ2) is 9.36. The summed E-state index contributed by atoms with van der Waals surface area (Å²) in [5.74, 6) is -0.688. The largest absolute Gasteiger partial charge is 0.466 e. The van der Waals surface area contributed by atoms with E-state index in [0.717, 1.165) is 21.1 Å². The molecule has 0 fully saturated rings. The minimum Gasteiger partial charge on any atom is -0.466 e. The SMILES string of the molecule is CCOC(=O)CC1c2ccccc2C(c2ccccc2)=NN1S(=O)(=O)Cc1ccccc1. The molecular weight excluding hydrogens is 424 g/mol. The third-order valence-electron chi connectivity index (χ3n) is 5.23. The number of hydrazone groups is 1. The normalized spacial score (nSPS) is 15.6. The first-order valence-corrected chi connectivity index (χ1v) is 12.1. The summed E-state index contributed by atoms with van der Waals surface area (Å²) in [6, 6.07) is 25.1. The highest BCUT2D eigenvalue weighted by Gasteiger charge is 2.38. The zero-order chi connectivity index (χ0) is 22.6. The van der Waals surface area contributed by atoms with Gasteiger partial charge in [0.25, 0.3) is 10.0 Å². The highest BCUT2D eigenvalue weighted by Crippen LogP contribution is 2.37. The fraction of sp³-hybridized carbons (Fsp3) is 0.200. The fourth-order valence-electron chi connectivity index (χ4n) is 3.83. The summed E-state index contributed by atoms with van der Waals surface area (Å²) < 4.78 is 33.4. The molecule has 0 bridgehead atoms. The summed E-state index contributed by atoms with van der Waals surface area (Å²) in [6.07, 6.45) is -0.121. The first kappa shape index (κ1) is 21.8. The number of sulfonamides is 1. The Morgan fingerprint density at radius 3 is 2.25 bits per heavy atom. The molecule has 1 aliphatic rings. The number of nitrogens with zero attached hydrogens (tertiary/aromatic N) is 2. The first-order valence-electron chi connectivity index (χ1n) is 10.4. The third-order valence-corrected chi connectivity index (χ3v) is 6.83. The maximum Gasteiger partial charge on any atom is 0.308 e. The molecule has 3 aromatic carbocycles. The summed E-state index contributed by atoms with van der Waals surface area (Å²) in [5.41, 5.74) is 3.54. The number of hydrogen-bond donors (Lipinski definition) is 0. The van der Waals surface area contributed by atoms with Crippen LogP contribution in [0.5, 0.6) is 0 Å². The number of fused-ring (bicyclic) bond motifs is 1. The van der Waals surface area contributed by atoms with Crippen LogP contribution in [0, 0.1) is 0 Å². The zero-order valence-corrected chi connectivity index (χ0v) is 18.5. The molecule has 0 N–H and O–H groups in total. The van der Waals surface area contributed by atoms with Gasteiger partial charge in [-0.15, -0.1) is 0 Å². The van der Waals surface area contributed by atoms with E-state index in [-0.39, 0.29) is 18.8 Å². The number of carbonyl (C=O) groups is 1. The van der Waals surface area contributed by atoms with Crippen molar-refractivity contribution >= 4 is 21.7 Å². The second-order valence-electron chi connectivity index (χ2n) is 7.44. The standard InChI is InChI=1S/C25H24N2O4S/c1-2-31-24(28)17-23-21-15-9-10-16-22(21)25(20-13-7-4-8-14-20)26-27(23)32(29,30)18-19-11-5-3-6-12-19/h3-16,23H,2,17-18H2,1H3. The molecule has 0 amide bonds. The zero-order valence-electron chi connectivity index (χ0n) is 17.7. The number of hydrogen-bond acceptors (Lipinski definition) is 5. The van der Waals surface area contributed by atoms with Gasteiger partial charge < -0.3 is 4.74 Å². The molecule has 0 radical (unpaired) electrons. The van der Waals surface area contributed by atoms with Crippen molar-refractivity contribution in [3.8, 4) is 0 Å². The van der Waals surface area contributed by atoms with Crippen LogP contribution < -0.4 is 0 Å². The Morgan fingerprint density at radius 1 is 0.938 bits per heavy atom. The molecule has 164 valence electrons. The predicted molar refractivity (Wildman–Crippen MR) is 123 cm³/mol. The van der Waals surface area contributed by atoms with E-state index in [1.54, 1.807) is 31.2 Å². The maximum atomic E-state index is 13.6. The molecule has 4 rings (SSSR count). The van der Waals surface area contributed by atoms with Gasteiger partial charge in [-0.2, -0.15) is 9.52 Å². The molecule has 6 nitrogen and oxygen atoms in total. The smallest absolute Gasteiger partial charge is 0.308 e. The summed E-state index contributed by atoms with van der Waals surface area (Å²) in [4.78, 5) is 12.4. The predicted octanol–water partition coefficient (Wildman–Crippen LogP) is 4.28. The van der Waals surface area contributed by atoms with Gasteiger partial charge in [-0.05, 0) is 18.1 Å². The lowest BCUT2D eigenvalue weighted by Gasteiger charge is -2.34. The molecule has 3 aromatic rings. The van der Waals surface area contributed by atoms with E-state index in [9.17, 15) is 13.2 Å². The van der Waals surface area contributed by atoms with E-state index < -0.39 is 22.0 Å². The van der Waals surface area contributed by atoms with Gasteiger partial charge in [0.15, 0.2) is 0 Å². The molecule has 0 saturated carbocycles. The second-order valence-corrected chi connectivity index (χ2v) is 9.27. The van der Waals surface area contributed by atoms with Crippen molar-refractivity contribution in [1.82, 2.24) is 4.41 Å². The molecule has 1 heterocycles. The van der Waals surface area contributed by atoms with Crippen molar-refractivity contribution in [2.45, 2.75) is 25.1 Å². The maximum absolute atomic E-state index is 13.6. The lowest BCUT2D eigenvalue weighted by molar-refractivity contribution is -0.144. The van der Waals surface area contributed by atoms with E-state index in [4.69, 9.17) is 4.74 Å². The molecular formula is C25H24N2O4S. The highest BCUT2D eigenvalue weighted by atomic mass is 32.2. The van der Waals surface area contributed by atoms with E-state index in [1.807, 2.05) is 60.7 Å². The number of esters is 1. The molecule has 1 unspecified atom stereocenters. The number of carbonyl (C=O) groups excluding carboxylic acids is 1. The molecule has 0 aromatic heterocycles. The third kappa shape index (κ3) is 4.57. The van der Waals surface area contributed by atoms with Gasteiger partial charge in [-0.1, -0.05) is 84.9 Å². The topological polar surface area (TPSA) is 76.0 Å². The molecule has 0 saturated heterocycles. The van der Waals surface area contributed by atoms with Crippen LogP contribution in [0.1, 0.15) is 41.6 Å². The Morgan fingerprint density at radius 2 is 1.56 bits per heavy atom. The summed E-state index contributed by atoms with van der Waals surface area (Å²) in [7, 11) is -3.89. The first-order chi connectivity index (χ1) is 15.5. The van der Waals surface area contributed by atoms with E-state index in [2.05, 4.69) is 5.10 Å². The quantitative estimate of drug-likeness (QED) is 0.506. The van der Waals surface area contributed by atoms with E-state index >= 15 is 0 Å². The van der Waals surface area contributed by atoms with Gasteiger partial charge in [0.2, 0.25) is 0 Å². The van der Waals surface area contributed by atoms with Crippen molar-refractivity contribution in [1.29, 1.82) is 0 Å². The van der Waals surface area contributed by atoms with Crippen LogP contribution in [0.25, 0.3) is 0 Å². The molecule has 32 heavy (non-hydrogen) atoms. The van der Waals surface area contributed by atoms with Crippen molar-refractivity contribution in [2.24, 2.45) is 5.10 Å². The average Bonchev–Trinajstić information content (AvgIpc) is 2.80.